The molecule has 4 nitrogen and oxygen atoms in total. The summed E-state index contributed by atoms with van der Waals surface area (Å²) in [7, 11) is 3.38. The zero-order chi connectivity index (χ0) is 8.41. The van der Waals surface area contributed by atoms with Crippen LogP contribution in [0.15, 0.2) is 4.99 Å². The van der Waals surface area contributed by atoms with Gasteiger partial charge in [0.25, 0.3) is 0 Å². The van der Waals surface area contributed by atoms with Gasteiger partial charge >= 0.3 is 0 Å². The van der Waals surface area contributed by atoms with E-state index in [0.29, 0.717) is 6.54 Å². The molecule has 0 saturated heterocycles. The number of nitrogens with one attached hydrogen (secondary N) is 1. The minimum atomic E-state index is 0. The minimum Gasteiger partial charge on any atom is -0.351 e. The van der Waals surface area contributed by atoms with Crippen molar-refractivity contribution in [2.24, 2.45) is 4.99 Å². The van der Waals surface area contributed by atoms with Gasteiger partial charge in [-0.25, -0.2) is 10.4 Å². The Bertz CT molecular complexity index is 121. The van der Waals surface area contributed by atoms with Crippen molar-refractivity contribution >= 4 is 24.8 Å². The van der Waals surface area contributed by atoms with Crippen LogP contribution in [0.2, 0.25) is 0 Å². The highest BCUT2D eigenvalue weighted by Gasteiger charge is 1.68. The van der Waals surface area contributed by atoms with Gasteiger partial charge in [0.15, 0.2) is 0 Å². The molecule has 0 spiro atoms. The van der Waals surface area contributed by atoms with E-state index < -0.39 is 0 Å². The average Bonchev–Trinajstić information content (AvgIpc) is 1.91. The lowest BCUT2D eigenvalue weighted by Crippen LogP contribution is -2.06. The molecular formula is C6H14ClN3O. The fourth-order valence-electron chi connectivity index (χ4n) is 0.0791. The van der Waals surface area contributed by atoms with Gasteiger partial charge in [-0.15, -0.1) is 12.4 Å². The van der Waals surface area contributed by atoms with E-state index in [1.807, 2.05) is 12.9 Å². The van der Waals surface area contributed by atoms with Crippen molar-refractivity contribution in [3.05, 3.63) is 0 Å². The number of amides is 1. The van der Waals surface area contributed by atoms with Crippen LogP contribution in [-0.4, -0.2) is 38.0 Å². The van der Waals surface area contributed by atoms with E-state index in [1.165, 1.54) is 4.90 Å². The van der Waals surface area contributed by atoms with Gasteiger partial charge in [-0.05, 0) is 6.92 Å². The molecule has 0 aliphatic rings. The van der Waals surface area contributed by atoms with Crippen LogP contribution in [0.4, 0.5) is 0 Å². The standard InChI is InChI=1S/C3H6N2.C3H7NO.ClH/c1-2-5-3-4;1-4(2)3-5;/h4H,2H2,1H3;3H,1-2H3;1H. The van der Waals surface area contributed by atoms with Crippen molar-refractivity contribution in [3.8, 4) is 0 Å². The lowest BCUT2D eigenvalue weighted by Gasteiger charge is -1.93. The average molecular weight is 180 g/mol. The molecule has 0 bridgehead atoms. The summed E-state index contributed by atoms with van der Waals surface area (Å²) < 4.78 is 0. The molecule has 11 heavy (non-hydrogen) atoms. The molecule has 0 aromatic carbocycles. The molecule has 0 fully saturated rings. The van der Waals surface area contributed by atoms with E-state index in [4.69, 9.17) is 5.41 Å². The summed E-state index contributed by atoms with van der Waals surface area (Å²) in [5.74, 6) is 0. The van der Waals surface area contributed by atoms with Gasteiger partial charge in [0.1, 0.15) is 0 Å². The zero-order valence-corrected chi connectivity index (χ0v) is 7.81. The summed E-state index contributed by atoms with van der Waals surface area (Å²) in [6, 6.07) is 1.89. The van der Waals surface area contributed by atoms with Crippen LogP contribution in [0.3, 0.4) is 0 Å². The van der Waals surface area contributed by atoms with Crippen molar-refractivity contribution in [1.29, 1.82) is 5.41 Å². The number of hydrogen-bond acceptors (Lipinski definition) is 3. The fraction of sp³-hybridized carbons (Fsp3) is 0.667. The van der Waals surface area contributed by atoms with Crippen LogP contribution in [0.25, 0.3) is 0 Å². The molecule has 0 heterocycles. The molecule has 0 aliphatic carbocycles. The number of rotatable bonds is 2. The molecular weight excluding hydrogens is 166 g/mol. The Hall–Kier alpha value is -0.860. The number of carbonyl (C=O) groups is 1. The third kappa shape index (κ3) is 47.3. The smallest absolute Gasteiger partial charge is 0.209 e. The molecule has 0 radical (unpaired) electrons. The van der Waals surface area contributed by atoms with Gasteiger partial charge in [-0.1, -0.05) is 0 Å². The number of carbonyl (C=O) groups excluding carboxylic acids is 1. The largest absolute Gasteiger partial charge is 0.351 e. The normalized spacial score (nSPS) is 5.73. The fourth-order valence-corrected chi connectivity index (χ4v) is 0.0791. The van der Waals surface area contributed by atoms with Crippen LogP contribution in [-0.2, 0) is 4.79 Å². The zero-order valence-electron chi connectivity index (χ0n) is 7.00. The predicted octanol–water partition coefficient (Wildman–Crippen LogP) is 0.885. The first-order valence-corrected chi connectivity index (χ1v) is 2.89. The predicted molar refractivity (Wildman–Crippen MR) is 47.7 cm³/mol. The van der Waals surface area contributed by atoms with Crippen LogP contribution in [0.5, 0.6) is 0 Å². The van der Waals surface area contributed by atoms with E-state index in [9.17, 15) is 4.79 Å². The SMILES string of the molecule is CCN=C=N.CN(C)C=O.Cl. The van der Waals surface area contributed by atoms with Crippen molar-refractivity contribution in [1.82, 2.24) is 4.90 Å². The minimum absolute atomic E-state index is 0. The molecule has 1 N–H and O–H groups in total. The van der Waals surface area contributed by atoms with Crippen LogP contribution in [0.1, 0.15) is 6.92 Å². The van der Waals surface area contributed by atoms with Crippen LogP contribution >= 0.6 is 12.4 Å². The van der Waals surface area contributed by atoms with Crippen LogP contribution in [0, 0.1) is 5.41 Å². The Balaban J connectivity index is -0.000000107. The summed E-state index contributed by atoms with van der Waals surface area (Å²) in [4.78, 5) is 14.3. The van der Waals surface area contributed by atoms with E-state index in [-0.39, 0.29) is 12.4 Å². The molecule has 0 rings (SSSR count). The van der Waals surface area contributed by atoms with E-state index in [2.05, 4.69) is 4.99 Å². The maximum atomic E-state index is 9.43. The summed E-state index contributed by atoms with van der Waals surface area (Å²) >= 11 is 0. The summed E-state index contributed by atoms with van der Waals surface area (Å²) in [5, 5.41) is 6.19. The number of halogens is 1. The topological polar surface area (TPSA) is 56.5 Å². The molecule has 66 valence electrons. The highest BCUT2D eigenvalue weighted by atomic mass is 35.5. The molecule has 5 heteroatoms. The Kier molecular flexibility index (Phi) is 24.3. The monoisotopic (exact) mass is 179 g/mol. The van der Waals surface area contributed by atoms with Crippen molar-refractivity contribution in [2.45, 2.75) is 6.92 Å². The van der Waals surface area contributed by atoms with Gasteiger partial charge in [-0.2, -0.15) is 0 Å². The molecule has 0 unspecified atom stereocenters. The van der Waals surface area contributed by atoms with Crippen molar-refractivity contribution < 1.29 is 4.79 Å². The number of hydrogen-bond donors (Lipinski definition) is 1. The first-order valence-electron chi connectivity index (χ1n) is 2.89. The highest BCUT2D eigenvalue weighted by molar-refractivity contribution is 5.85. The Morgan fingerprint density at radius 1 is 1.64 bits per heavy atom. The van der Waals surface area contributed by atoms with Gasteiger partial charge in [0.2, 0.25) is 6.41 Å². The van der Waals surface area contributed by atoms with E-state index in [0.717, 1.165) is 6.41 Å². The second-order valence-electron chi connectivity index (χ2n) is 1.66. The highest BCUT2D eigenvalue weighted by Crippen LogP contribution is 1.53. The molecule has 0 saturated carbocycles. The third-order valence-corrected chi connectivity index (χ3v) is 0.448. The lowest BCUT2D eigenvalue weighted by molar-refractivity contribution is -0.115. The Labute approximate surface area is 73.2 Å². The maximum Gasteiger partial charge on any atom is 0.209 e. The molecule has 0 aromatic rings. The first-order chi connectivity index (χ1) is 4.68. The third-order valence-electron chi connectivity index (χ3n) is 0.448. The van der Waals surface area contributed by atoms with Gasteiger partial charge < -0.3 is 4.90 Å². The summed E-state index contributed by atoms with van der Waals surface area (Å²) in [6.07, 6.45) is 0.750. The number of nitrogens with zero attached hydrogens (tertiary/aromatic N) is 2. The van der Waals surface area contributed by atoms with E-state index in [1.54, 1.807) is 14.1 Å². The van der Waals surface area contributed by atoms with Crippen LogP contribution < -0.4 is 0 Å². The van der Waals surface area contributed by atoms with Gasteiger partial charge in [-0.3, -0.25) is 4.79 Å². The summed E-state index contributed by atoms with van der Waals surface area (Å²) in [6.45, 7) is 2.53. The summed E-state index contributed by atoms with van der Waals surface area (Å²) in [5.41, 5.74) is 0. The maximum absolute atomic E-state index is 9.43. The van der Waals surface area contributed by atoms with E-state index >= 15 is 0 Å². The quantitative estimate of drug-likeness (QED) is 0.497. The Morgan fingerprint density at radius 2 is 2.00 bits per heavy atom. The molecule has 0 atom stereocenters. The Morgan fingerprint density at radius 3 is 2.00 bits per heavy atom. The van der Waals surface area contributed by atoms with Gasteiger partial charge in [0, 0.05) is 20.6 Å². The molecule has 0 aromatic heterocycles. The second kappa shape index (κ2) is 16.1. The van der Waals surface area contributed by atoms with Crippen molar-refractivity contribution in [3.63, 3.8) is 0 Å². The second-order valence-corrected chi connectivity index (χ2v) is 1.66. The molecule has 0 aliphatic heterocycles. The van der Waals surface area contributed by atoms with Crippen molar-refractivity contribution in [2.75, 3.05) is 20.6 Å². The first kappa shape index (κ1) is 16.6. The van der Waals surface area contributed by atoms with Gasteiger partial charge in [0.05, 0.1) is 6.01 Å². The molecule has 1 amide bonds. The number of aliphatic imine (C=N–C) groups is 1. The lowest BCUT2D eigenvalue weighted by atomic mass is 10.8.